The molecule has 1 rings (SSSR count). The molecule has 1 aromatic rings. The van der Waals surface area contributed by atoms with Gasteiger partial charge < -0.3 is 5.32 Å². The summed E-state index contributed by atoms with van der Waals surface area (Å²) in [6.07, 6.45) is -4.90. The summed E-state index contributed by atoms with van der Waals surface area (Å²) in [7, 11) is 0. The van der Waals surface area contributed by atoms with Crippen LogP contribution in [0.3, 0.4) is 0 Å². The van der Waals surface area contributed by atoms with Crippen molar-refractivity contribution in [2.24, 2.45) is 0 Å². The molecule has 1 radical (unpaired) electrons. The van der Waals surface area contributed by atoms with Crippen molar-refractivity contribution in [3.05, 3.63) is 36.8 Å². The van der Waals surface area contributed by atoms with Crippen LogP contribution in [0.5, 0.6) is 0 Å². The predicted octanol–water partition coefficient (Wildman–Crippen LogP) is 2.39. The molecule has 0 bridgehead atoms. The Bertz CT molecular complexity index is 308. The predicted molar refractivity (Wildman–Crippen MR) is 45.4 cm³/mol. The normalized spacial score (nSPS) is 11.1. The monoisotopic (exact) mass is 202 g/mol. The van der Waals surface area contributed by atoms with Gasteiger partial charge in [0.25, 0.3) is 0 Å². The number of halogens is 3. The van der Waals surface area contributed by atoms with E-state index in [1.165, 1.54) is 12.1 Å². The number of hydrogen-bond acceptors (Lipinski definition) is 1. The van der Waals surface area contributed by atoms with Crippen molar-refractivity contribution in [1.29, 1.82) is 0 Å². The van der Waals surface area contributed by atoms with Gasteiger partial charge in [0, 0.05) is 5.69 Å². The van der Waals surface area contributed by atoms with Gasteiger partial charge in [-0.05, 0) is 12.1 Å². The highest BCUT2D eigenvalue weighted by molar-refractivity contribution is 5.97. The Labute approximate surface area is 78.7 Å². The third-order valence-electron chi connectivity index (χ3n) is 1.34. The maximum atomic E-state index is 11.7. The highest BCUT2D eigenvalue weighted by Crippen LogP contribution is 2.19. The van der Waals surface area contributed by atoms with E-state index in [0.717, 1.165) is 0 Å². The molecule has 0 aliphatic heterocycles. The Hall–Kier alpha value is -1.52. The fourth-order valence-electron chi connectivity index (χ4n) is 0.848. The zero-order valence-electron chi connectivity index (χ0n) is 7.01. The first-order valence-corrected chi connectivity index (χ1v) is 3.76. The van der Waals surface area contributed by atoms with Gasteiger partial charge in [0.15, 0.2) is 6.42 Å². The van der Waals surface area contributed by atoms with Gasteiger partial charge in [0.1, 0.15) is 0 Å². The Morgan fingerprint density at radius 2 is 1.79 bits per heavy atom. The third-order valence-corrected chi connectivity index (χ3v) is 1.34. The lowest BCUT2D eigenvalue weighted by Gasteiger charge is -2.06. The Kier molecular flexibility index (Phi) is 3.11. The zero-order valence-corrected chi connectivity index (χ0v) is 7.01. The highest BCUT2D eigenvalue weighted by atomic mass is 19.4. The van der Waals surface area contributed by atoms with Crippen molar-refractivity contribution in [2.75, 3.05) is 5.32 Å². The molecular formula is C9H7F3NO. The maximum absolute atomic E-state index is 11.7. The molecule has 0 fully saturated rings. The molecule has 14 heavy (non-hydrogen) atoms. The van der Waals surface area contributed by atoms with Crippen LogP contribution in [0.1, 0.15) is 0 Å². The van der Waals surface area contributed by atoms with Gasteiger partial charge in [-0.3, -0.25) is 4.79 Å². The van der Waals surface area contributed by atoms with E-state index in [9.17, 15) is 18.0 Å². The minimum atomic E-state index is -4.58. The highest BCUT2D eigenvalue weighted by Gasteiger charge is 2.31. The zero-order chi connectivity index (χ0) is 10.6. The van der Waals surface area contributed by atoms with E-state index in [1.54, 1.807) is 18.2 Å². The third kappa shape index (κ3) is 3.93. The number of para-hydroxylation sites is 1. The summed E-state index contributed by atoms with van der Waals surface area (Å²) in [6, 6.07) is 7.93. The molecule has 0 heterocycles. The van der Waals surface area contributed by atoms with Gasteiger partial charge in [-0.1, -0.05) is 18.2 Å². The summed E-state index contributed by atoms with van der Waals surface area (Å²) < 4.78 is 35.1. The fraction of sp³-hybridized carbons (Fsp3) is 0.111. The molecule has 2 nitrogen and oxygen atoms in total. The number of nitrogens with one attached hydrogen (secondary N) is 1. The van der Waals surface area contributed by atoms with Crippen LogP contribution in [0.4, 0.5) is 18.9 Å². The number of amides is 1. The SMILES string of the molecule is O=C([CH]C(F)(F)F)Nc1ccccc1. The van der Waals surface area contributed by atoms with Crippen LogP contribution < -0.4 is 5.32 Å². The number of alkyl halides is 3. The molecule has 0 spiro atoms. The van der Waals surface area contributed by atoms with E-state index < -0.39 is 12.1 Å². The van der Waals surface area contributed by atoms with Gasteiger partial charge >= 0.3 is 6.18 Å². The van der Waals surface area contributed by atoms with Crippen LogP contribution in [-0.2, 0) is 4.79 Å². The molecule has 0 aromatic heterocycles. The molecular weight excluding hydrogens is 195 g/mol. The van der Waals surface area contributed by atoms with Crippen molar-refractivity contribution in [2.45, 2.75) is 6.18 Å². The van der Waals surface area contributed by atoms with Crippen molar-refractivity contribution in [3.63, 3.8) is 0 Å². The summed E-state index contributed by atoms with van der Waals surface area (Å²) in [5.41, 5.74) is 0.331. The van der Waals surface area contributed by atoms with Gasteiger partial charge in [-0.15, -0.1) is 0 Å². The van der Waals surface area contributed by atoms with E-state index >= 15 is 0 Å². The summed E-state index contributed by atoms with van der Waals surface area (Å²) in [5.74, 6) is -1.18. The molecule has 1 aromatic carbocycles. The van der Waals surface area contributed by atoms with Gasteiger partial charge in [0.05, 0.1) is 0 Å². The van der Waals surface area contributed by atoms with Crippen molar-refractivity contribution in [3.8, 4) is 0 Å². The quantitative estimate of drug-likeness (QED) is 0.783. The molecule has 0 unspecified atom stereocenters. The second kappa shape index (κ2) is 4.13. The molecule has 0 saturated carbocycles. The topological polar surface area (TPSA) is 29.1 Å². The number of benzene rings is 1. The van der Waals surface area contributed by atoms with Crippen molar-refractivity contribution in [1.82, 2.24) is 0 Å². The molecule has 75 valence electrons. The first-order valence-electron chi connectivity index (χ1n) is 3.76. The first-order chi connectivity index (χ1) is 6.47. The van der Waals surface area contributed by atoms with Crippen LogP contribution in [-0.4, -0.2) is 12.1 Å². The van der Waals surface area contributed by atoms with E-state index in [2.05, 4.69) is 5.32 Å². The molecule has 5 heteroatoms. The smallest absolute Gasteiger partial charge is 0.326 e. The lowest BCUT2D eigenvalue weighted by molar-refractivity contribution is -0.128. The summed E-state index contributed by atoms with van der Waals surface area (Å²) in [4.78, 5) is 10.7. The maximum Gasteiger partial charge on any atom is 0.401 e. The first kappa shape index (κ1) is 10.6. The van der Waals surface area contributed by atoms with Gasteiger partial charge in [-0.25, -0.2) is 0 Å². The summed E-state index contributed by atoms with van der Waals surface area (Å²) in [5, 5.41) is 2.08. The van der Waals surface area contributed by atoms with Crippen LogP contribution in [0.2, 0.25) is 0 Å². The number of carbonyl (C=O) groups is 1. The molecule has 1 N–H and O–H groups in total. The van der Waals surface area contributed by atoms with Crippen LogP contribution >= 0.6 is 0 Å². The van der Waals surface area contributed by atoms with Crippen LogP contribution in [0, 0.1) is 6.42 Å². The molecule has 0 atom stereocenters. The average molecular weight is 202 g/mol. The lowest BCUT2D eigenvalue weighted by Crippen LogP contribution is -2.22. The minimum absolute atomic E-state index is 0.319. The Balaban J connectivity index is 2.50. The second-order valence-corrected chi connectivity index (χ2v) is 2.54. The standard InChI is InChI=1S/C9H7F3NO/c10-9(11,12)6-8(14)13-7-4-2-1-3-5-7/h1-6H,(H,13,14). The number of hydrogen-bond donors (Lipinski definition) is 1. The fourth-order valence-corrected chi connectivity index (χ4v) is 0.848. The number of anilines is 1. The van der Waals surface area contributed by atoms with E-state index in [4.69, 9.17) is 0 Å². The van der Waals surface area contributed by atoms with Crippen LogP contribution in [0.15, 0.2) is 30.3 Å². The molecule has 1 amide bonds. The number of carbonyl (C=O) groups excluding carboxylic acids is 1. The van der Waals surface area contributed by atoms with E-state index in [1.807, 2.05) is 0 Å². The van der Waals surface area contributed by atoms with Gasteiger partial charge in [0.2, 0.25) is 5.91 Å². The van der Waals surface area contributed by atoms with Crippen molar-refractivity contribution < 1.29 is 18.0 Å². The largest absolute Gasteiger partial charge is 0.401 e. The molecule has 0 aliphatic carbocycles. The second-order valence-electron chi connectivity index (χ2n) is 2.54. The van der Waals surface area contributed by atoms with Crippen molar-refractivity contribution >= 4 is 11.6 Å². The average Bonchev–Trinajstić information content (AvgIpc) is 2.02. The number of rotatable bonds is 2. The molecule has 0 aliphatic rings. The Morgan fingerprint density at radius 3 is 2.29 bits per heavy atom. The van der Waals surface area contributed by atoms with Crippen LogP contribution in [0.25, 0.3) is 0 Å². The van der Waals surface area contributed by atoms with Gasteiger partial charge in [-0.2, -0.15) is 13.2 Å². The summed E-state index contributed by atoms with van der Waals surface area (Å²) in [6.45, 7) is 0. The lowest BCUT2D eigenvalue weighted by atomic mass is 10.3. The molecule has 0 saturated heterocycles. The minimum Gasteiger partial charge on any atom is -0.326 e. The Morgan fingerprint density at radius 1 is 1.21 bits per heavy atom. The van der Waals surface area contributed by atoms with E-state index in [0.29, 0.717) is 5.69 Å². The van der Waals surface area contributed by atoms with E-state index in [-0.39, 0.29) is 6.42 Å². The summed E-state index contributed by atoms with van der Waals surface area (Å²) >= 11 is 0.